The molecule has 0 bridgehead atoms. The van der Waals surface area contributed by atoms with Gasteiger partial charge >= 0.3 is 5.97 Å². The SMILES string of the molecule is CN(C)Cc1nnc(C2=C(C(=O)ONC(=O)Cc3ccccc3)N3C(=O)C(=S)[C@@H]3SC2C(c2ccccc2)c2ccccc2)s1. The predicted octanol–water partition coefficient (Wildman–Crippen LogP) is 4.61. The molecule has 2 aliphatic heterocycles. The highest BCUT2D eigenvalue weighted by molar-refractivity contribution is 8.03. The number of carbonyl (C=O) groups is 3. The lowest BCUT2D eigenvalue weighted by molar-refractivity contribution is -0.156. The van der Waals surface area contributed by atoms with Crippen molar-refractivity contribution in [2.24, 2.45) is 0 Å². The van der Waals surface area contributed by atoms with Crippen LogP contribution in [0, 0.1) is 0 Å². The van der Waals surface area contributed by atoms with Crippen molar-refractivity contribution in [1.29, 1.82) is 0 Å². The van der Waals surface area contributed by atoms with Gasteiger partial charge in [0.05, 0.1) is 13.0 Å². The average molecular weight is 656 g/mol. The van der Waals surface area contributed by atoms with E-state index in [9.17, 15) is 14.4 Å². The smallest absolute Gasteiger partial charge is 0.334 e. The highest BCUT2D eigenvalue weighted by atomic mass is 32.2. The highest BCUT2D eigenvalue weighted by Gasteiger charge is 2.55. The molecule has 0 spiro atoms. The molecule has 1 unspecified atom stereocenters. The molecule has 0 radical (unpaired) electrons. The molecular weight excluding hydrogens is 627 g/mol. The zero-order chi connectivity index (χ0) is 31.5. The number of aromatic nitrogens is 2. The zero-order valence-electron chi connectivity index (χ0n) is 24.5. The second-order valence-corrected chi connectivity index (χ2v) is 13.6. The van der Waals surface area contributed by atoms with Crippen LogP contribution < -0.4 is 5.48 Å². The van der Waals surface area contributed by atoms with Crippen molar-refractivity contribution in [1.82, 2.24) is 25.5 Å². The van der Waals surface area contributed by atoms with Crippen molar-refractivity contribution >= 4 is 63.5 Å². The molecule has 0 aliphatic carbocycles. The number of benzene rings is 3. The molecular formula is C33H29N5O4S3. The monoisotopic (exact) mass is 655 g/mol. The first kappa shape index (κ1) is 30.8. The Morgan fingerprint density at radius 2 is 1.56 bits per heavy atom. The predicted molar refractivity (Wildman–Crippen MR) is 178 cm³/mol. The van der Waals surface area contributed by atoms with Crippen molar-refractivity contribution in [3.63, 3.8) is 0 Å². The molecule has 4 aromatic rings. The van der Waals surface area contributed by atoms with Crippen molar-refractivity contribution in [2.75, 3.05) is 14.1 Å². The number of β-lactam (4-membered cyclic amide) rings is 1. The molecule has 228 valence electrons. The number of nitrogens with zero attached hydrogens (tertiary/aromatic N) is 4. The number of nitrogens with one attached hydrogen (secondary N) is 1. The average Bonchev–Trinajstić information content (AvgIpc) is 3.51. The quantitative estimate of drug-likeness (QED) is 0.157. The Morgan fingerprint density at radius 3 is 2.16 bits per heavy atom. The molecule has 1 N–H and O–H groups in total. The first-order valence-corrected chi connectivity index (χ1v) is 16.4. The molecule has 3 heterocycles. The lowest BCUT2D eigenvalue weighted by Crippen LogP contribution is -2.62. The van der Waals surface area contributed by atoms with Crippen LogP contribution in [0.4, 0.5) is 0 Å². The van der Waals surface area contributed by atoms with Gasteiger partial charge in [0, 0.05) is 16.7 Å². The van der Waals surface area contributed by atoms with Crippen molar-refractivity contribution in [3.8, 4) is 0 Å². The molecule has 1 saturated heterocycles. The lowest BCUT2D eigenvalue weighted by Gasteiger charge is -2.48. The van der Waals surface area contributed by atoms with E-state index in [1.807, 2.05) is 110 Å². The summed E-state index contributed by atoms with van der Waals surface area (Å²) in [5.74, 6) is -2.07. The molecule has 1 fully saturated rings. The Hall–Kier alpha value is -4.23. The summed E-state index contributed by atoms with van der Waals surface area (Å²) in [5.41, 5.74) is 5.60. The highest BCUT2D eigenvalue weighted by Crippen LogP contribution is 2.53. The van der Waals surface area contributed by atoms with Crippen LogP contribution in [0.5, 0.6) is 0 Å². The van der Waals surface area contributed by atoms with E-state index in [1.165, 1.54) is 28.0 Å². The molecule has 1 aromatic heterocycles. The van der Waals surface area contributed by atoms with Crippen LogP contribution in [0.25, 0.3) is 5.57 Å². The van der Waals surface area contributed by atoms with Gasteiger partial charge < -0.3 is 9.74 Å². The molecule has 9 nitrogen and oxygen atoms in total. The maximum Gasteiger partial charge on any atom is 0.379 e. The summed E-state index contributed by atoms with van der Waals surface area (Å²) in [5, 5.41) is 9.21. The summed E-state index contributed by atoms with van der Waals surface area (Å²) < 4.78 is 0. The zero-order valence-corrected chi connectivity index (χ0v) is 26.9. The van der Waals surface area contributed by atoms with Gasteiger partial charge in [0.15, 0.2) is 0 Å². The van der Waals surface area contributed by atoms with Gasteiger partial charge in [0.2, 0.25) is 0 Å². The van der Waals surface area contributed by atoms with Gasteiger partial charge in [-0.25, -0.2) is 4.79 Å². The first-order valence-electron chi connectivity index (χ1n) is 14.2. The summed E-state index contributed by atoms with van der Waals surface area (Å²) >= 11 is 8.37. The van der Waals surface area contributed by atoms with E-state index >= 15 is 0 Å². The van der Waals surface area contributed by atoms with E-state index in [1.54, 1.807) is 0 Å². The van der Waals surface area contributed by atoms with Crippen LogP contribution in [0.3, 0.4) is 0 Å². The van der Waals surface area contributed by atoms with E-state index in [2.05, 4.69) is 15.7 Å². The van der Waals surface area contributed by atoms with Gasteiger partial charge in [-0.1, -0.05) is 115 Å². The van der Waals surface area contributed by atoms with E-state index in [-0.39, 0.29) is 22.9 Å². The molecule has 0 saturated carbocycles. The molecule has 2 amide bonds. The van der Waals surface area contributed by atoms with Crippen LogP contribution in [0.2, 0.25) is 0 Å². The molecule has 2 aliphatic rings. The maximum absolute atomic E-state index is 14.0. The Morgan fingerprint density at radius 1 is 0.956 bits per heavy atom. The summed E-state index contributed by atoms with van der Waals surface area (Å²) in [6.07, 6.45) is 0.0161. The number of amides is 2. The minimum absolute atomic E-state index is 0.00627. The fraction of sp³-hybridized carbons (Fsp3) is 0.212. The Bertz CT molecular complexity index is 1720. The van der Waals surface area contributed by atoms with E-state index < -0.39 is 28.4 Å². The maximum atomic E-state index is 14.0. The molecule has 3 aromatic carbocycles. The van der Waals surface area contributed by atoms with Crippen LogP contribution in [-0.2, 0) is 32.2 Å². The largest absolute Gasteiger partial charge is 0.379 e. The fourth-order valence-electron chi connectivity index (χ4n) is 5.40. The number of hydrogen-bond acceptors (Lipinski definition) is 10. The normalized spacial score (nSPS) is 17.7. The molecule has 45 heavy (non-hydrogen) atoms. The third-order valence-corrected chi connectivity index (χ3v) is 10.4. The number of hydroxylamine groups is 1. The summed E-state index contributed by atoms with van der Waals surface area (Å²) in [4.78, 5) is 49.0. The van der Waals surface area contributed by atoms with Gasteiger partial charge in [0.1, 0.15) is 26.0 Å². The first-order chi connectivity index (χ1) is 21.8. The number of hydrogen-bond donors (Lipinski definition) is 1. The third-order valence-electron chi connectivity index (χ3n) is 7.37. The van der Waals surface area contributed by atoms with Crippen molar-refractivity contribution in [3.05, 3.63) is 123 Å². The number of rotatable bonds is 9. The minimum Gasteiger partial charge on any atom is -0.334 e. The fourth-order valence-corrected chi connectivity index (χ4v) is 8.54. The van der Waals surface area contributed by atoms with Crippen LogP contribution in [0.1, 0.15) is 32.6 Å². The summed E-state index contributed by atoms with van der Waals surface area (Å²) in [6, 6.07) is 29.1. The van der Waals surface area contributed by atoms with E-state index in [0.717, 1.165) is 21.7 Å². The van der Waals surface area contributed by atoms with Gasteiger partial charge in [0.25, 0.3) is 11.8 Å². The Balaban J connectivity index is 1.46. The second-order valence-electron chi connectivity index (χ2n) is 10.8. The molecule has 2 atom stereocenters. The van der Waals surface area contributed by atoms with Crippen molar-refractivity contribution < 1.29 is 19.2 Å². The Labute approximate surface area is 274 Å². The van der Waals surface area contributed by atoms with Gasteiger partial charge in [-0.05, 0) is 30.8 Å². The molecule has 6 rings (SSSR count). The second kappa shape index (κ2) is 13.4. The third kappa shape index (κ3) is 6.45. The van der Waals surface area contributed by atoms with Crippen LogP contribution in [-0.4, -0.2) is 67.4 Å². The van der Waals surface area contributed by atoms with Crippen molar-refractivity contribution in [2.45, 2.75) is 29.5 Å². The van der Waals surface area contributed by atoms with Gasteiger partial charge in [-0.2, -0.15) is 5.48 Å². The Kier molecular flexibility index (Phi) is 9.17. The topological polar surface area (TPSA) is 105 Å². The van der Waals surface area contributed by atoms with Gasteiger partial charge in [-0.3, -0.25) is 14.5 Å². The number of thiocarbonyl (C=S) groups is 1. The van der Waals surface area contributed by atoms with E-state index in [4.69, 9.17) is 17.1 Å². The minimum atomic E-state index is -0.873. The summed E-state index contributed by atoms with van der Waals surface area (Å²) in [6.45, 7) is 0.550. The number of fused-ring (bicyclic) bond motifs is 1. The summed E-state index contributed by atoms with van der Waals surface area (Å²) in [7, 11) is 3.87. The van der Waals surface area contributed by atoms with Crippen LogP contribution >= 0.6 is 35.3 Å². The lowest BCUT2D eigenvalue weighted by atomic mass is 9.84. The van der Waals surface area contributed by atoms with Gasteiger partial charge in [-0.15, -0.1) is 22.0 Å². The molecule has 12 heteroatoms. The van der Waals surface area contributed by atoms with Crippen LogP contribution in [0.15, 0.2) is 96.7 Å². The van der Waals surface area contributed by atoms with E-state index in [0.29, 0.717) is 17.1 Å². The standard InChI is InChI=1S/C33H29N5O4S3/c1-37(2)19-24-34-35-30(44-24)26-27(33(41)42-36-23(39)18-20-12-6-3-7-13-20)38-31(40)28(43)32(38)45-29(26)25(21-14-8-4-9-15-21)22-16-10-5-11-17-22/h3-17,25,29,32H,18-19H2,1-2H3,(H,36,39)/t29?,32-/m0/s1. The number of carbonyl (C=O) groups excluding carboxylic acids is 3. The number of thioether (sulfide) groups is 1.